The molecule has 1 aliphatic heterocycles. The molecule has 1 amide bonds. The largest absolute Gasteiger partial charge is 0.355 e. The van der Waals surface area contributed by atoms with E-state index in [1.165, 1.54) is 11.1 Å². The molecule has 5 heteroatoms. The summed E-state index contributed by atoms with van der Waals surface area (Å²) in [4.78, 5) is 19.1. The topological polar surface area (TPSA) is 45.2 Å². The monoisotopic (exact) mass is 343 g/mol. The van der Waals surface area contributed by atoms with E-state index >= 15 is 0 Å². The number of fused-ring (bicyclic) bond motifs is 1. The second-order valence-electron chi connectivity index (χ2n) is 6.44. The summed E-state index contributed by atoms with van der Waals surface area (Å²) in [5, 5.41) is 6.31. The van der Waals surface area contributed by atoms with Crippen LogP contribution in [0, 0.1) is 6.92 Å². The van der Waals surface area contributed by atoms with Crippen LogP contribution in [0.1, 0.15) is 35.2 Å². The zero-order valence-corrected chi connectivity index (χ0v) is 15.2. The zero-order valence-electron chi connectivity index (χ0n) is 14.4. The van der Waals surface area contributed by atoms with Crippen LogP contribution in [0.25, 0.3) is 0 Å². The number of amides is 1. The molecule has 1 atom stereocenters. The molecule has 0 unspecified atom stereocenters. The van der Waals surface area contributed by atoms with E-state index in [4.69, 9.17) is 0 Å². The number of nitrogens with zero attached hydrogens (tertiary/aromatic N) is 2. The van der Waals surface area contributed by atoms with Gasteiger partial charge in [0.1, 0.15) is 0 Å². The maximum atomic E-state index is 12.4. The van der Waals surface area contributed by atoms with Crippen LogP contribution in [0.15, 0.2) is 29.6 Å². The lowest BCUT2D eigenvalue weighted by atomic mass is 9.99. The normalized spacial score (nSPS) is 15.8. The van der Waals surface area contributed by atoms with E-state index in [-0.39, 0.29) is 11.9 Å². The Morgan fingerprint density at radius 1 is 1.38 bits per heavy atom. The van der Waals surface area contributed by atoms with E-state index in [1.54, 1.807) is 11.3 Å². The van der Waals surface area contributed by atoms with Gasteiger partial charge in [-0.15, -0.1) is 11.3 Å². The number of hydrogen-bond donors (Lipinski definition) is 1. The maximum absolute atomic E-state index is 12.4. The number of aryl methyl sites for hydroxylation is 2. The Morgan fingerprint density at radius 3 is 2.92 bits per heavy atom. The molecule has 0 bridgehead atoms. The fraction of sp³-hybridized carbons (Fsp3) is 0.474. The Labute approximate surface area is 147 Å². The van der Waals surface area contributed by atoms with Gasteiger partial charge in [-0.3, -0.25) is 9.69 Å². The average Bonchev–Trinajstić information content (AvgIpc) is 3.02. The van der Waals surface area contributed by atoms with Gasteiger partial charge in [0.05, 0.1) is 11.0 Å². The third-order valence-corrected chi connectivity index (χ3v) is 5.65. The first-order chi connectivity index (χ1) is 11.6. The van der Waals surface area contributed by atoms with Gasteiger partial charge in [0, 0.05) is 37.1 Å². The highest BCUT2D eigenvalue weighted by Crippen LogP contribution is 2.20. The average molecular weight is 343 g/mol. The van der Waals surface area contributed by atoms with Crippen molar-refractivity contribution in [2.75, 3.05) is 13.1 Å². The lowest BCUT2D eigenvalue weighted by Gasteiger charge is -2.32. The summed E-state index contributed by atoms with van der Waals surface area (Å²) in [6.07, 6.45) is 2.90. The Balaban J connectivity index is 1.43. The Morgan fingerprint density at radius 2 is 2.17 bits per heavy atom. The number of aromatic nitrogens is 1. The molecule has 3 rings (SSSR count). The van der Waals surface area contributed by atoms with Crippen molar-refractivity contribution in [3.63, 3.8) is 0 Å². The van der Waals surface area contributed by atoms with Gasteiger partial charge in [-0.25, -0.2) is 4.98 Å². The van der Waals surface area contributed by atoms with E-state index in [9.17, 15) is 4.79 Å². The van der Waals surface area contributed by atoms with Crippen LogP contribution >= 0.6 is 11.3 Å². The summed E-state index contributed by atoms with van der Waals surface area (Å²) >= 11 is 1.70. The van der Waals surface area contributed by atoms with Crippen LogP contribution in [0.5, 0.6) is 0 Å². The first-order valence-electron chi connectivity index (χ1n) is 8.63. The molecule has 1 N–H and O–H groups in total. The molecular weight excluding hydrogens is 318 g/mol. The molecular formula is C19H25N3OS. The molecule has 2 aromatic rings. The van der Waals surface area contributed by atoms with Crippen molar-refractivity contribution in [2.24, 2.45) is 0 Å². The molecule has 0 fully saturated rings. The van der Waals surface area contributed by atoms with E-state index in [0.717, 1.165) is 43.1 Å². The standard InChI is InChI=1S/C19H25N3OS/c1-14-13-24-18(21-14)8-5-10-20-19(23)15(2)22-11-9-16-6-3-4-7-17(16)12-22/h3-4,6-7,13,15H,5,8-12H2,1-2H3,(H,20,23)/t15-/m0/s1. The summed E-state index contributed by atoms with van der Waals surface area (Å²) < 4.78 is 0. The second kappa shape index (κ2) is 7.90. The van der Waals surface area contributed by atoms with Gasteiger partial charge in [0.15, 0.2) is 0 Å². The fourth-order valence-corrected chi connectivity index (χ4v) is 3.95. The zero-order chi connectivity index (χ0) is 16.9. The molecule has 0 radical (unpaired) electrons. The van der Waals surface area contributed by atoms with Crippen molar-refractivity contribution in [1.82, 2.24) is 15.2 Å². The number of thiazole rings is 1. The third-order valence-electron chi connectivity index (χ3n) is 4.62. The quantitative estimate of drug-likeness (QED) is 0.820. The number of hydrogen-bond acceptors (Lipinski definition) is 4. The minimum atomic E-state index is -0.0829. The second-order valence-corrected chi connectivity index (χ2v) is 7.39. The highest BCUT2D eigenvalue weighted by atomic mass is 32.1. The lowest BCUT2D eigenvalue weighted by Crippen LogP contribution is -2.47. The lowest BCUT2D eigenvalue weighted by molar-refractivity contribution is -0.126. The van der Waals surface area contributed by atoms with Crippen LogP contribution in [0.4, 0.5) is 0 Å². The number of carbonyl (C=O) groups is 1. The minimum Gasteiger partial charge on any atom is -0.355 e. The molecule has 24 heavy (non-hydrogen) atoms. The van der Waals surface area contributed by atoms with Crippen molar-refractivity contribution in [3.8, 4) is 0 Å². The SMILES string of the molecule is Cc1csc(CCCNC(=O)[C@H](C)N2CCc3ccccc3C2)n1. The van der Waals surface area contributed by atoms with Gasteiger partial charge >= 0.3 is 0 Å². The number of rotatable bonds is 6. The molecule has 0 saturated carbocycles. The highest BCUT2D eigenvalue weighted by Gasteiger charge is 2.24. The van der Waals surface area contributed by atoms with Gasteiger partial charge < -0.3 is 5.32 Å². The predicted molar refractivity (Wildman–Crippen MR) is 98.2 cm³/mol. The van der Waals surface area contributed by atoms with Crippen molar-refractivity contribution in [3.05, 3.63) is 51.5 Å². The van der Waals surface area contributed by atoms with Crippen LogP contribution in [-0.4, -0.2) is 34.9 Å². The van der Waals surface area contributed by atoms with E-state index < -0.39 is 0 Å². The van der Waals surface area contributed by atoms with Gasteiger partial charge in [0.2, 0.25) is 5.91 Å². The van der Waals surface area contributed by atoms with Gasteiger partial charge in [-0.05, 0) is 37.8 Å². The first-order valence-corrected chi connectivity index (χ1v) is 9.51. The van der Waals surface area contributed by atoms with Crippen molar-refractivity contribution < 1.29 is 4.79 Å². The molecule has 4 nitrogen and oxygen atoms in total. The van der Waals surface area contributed by atoms with E-state index in [0.29, 0.717) is 6.54 Å². The van der Waals surface area contributed by atoms with Crippen molar-refractivity contribution in [2.45, 2.75) is 45.7 Å². The van der Waals surface area contributed by atoms with Gasteiger partial charge in [0.25, 0.3) is 0 Å². The molecule has 0 aliphatic carbocycles. The van der Waals surface area contributed by atoms with E-state index in [2.05, 4.69) is 44.8 Å². The first kappa shape index (κ1) is 17.1. The molecule has 1 aromatic heterocycles. The van der Waals surface area contributed by atoms with Crippen molar-refractivity contribution in [1.29, 1.82) is 0 Å². The summed E-state index contributed by atoms with van der Waals surface area (Å²) in [6, 6.07) is 8.45. The molecule has 0 spiro atoms. The van der Waals surface area contributed by atoms with Crippen LogP contribution in [0.3, 0.4) is 0 Å². The minimum absolute atomic E-state index is 0.0829. The summed E-state index contributed by atoms with van der Waals surface area (Å²) in [7, 11) is 0. The van der Waals surface area contributed by atoms with Gasteiger partial charge in [-0.1, -0.05) is 24.3 Å². The molecule has 1 aromatic carbocycles. The van der Waals surface area contributed by atoms with Crippen molar-refractivity contribution >= 4 is 17.2 Å². The summed E-state index contributed by atoms with van der Waals surface area (Å²) in [6.45, 7) is 6.55. The predicted octanol–water partition coefficient (Wildman–Crippen LogP) is 2.95. The molecule has 2 heterocycles. The summed E-state index contributed by atoms with van der Waals surface area (Å²) in [5.74, 6) is 0.129. The number of nitrogens with one attached hydrogen (secondary N) is 1. The summed E-state index contributed by atoms with van der Waals surface area (Å²) in [5.41, 5.74) is 3.85. The van der Waals surface area contributed by atoms with E-state index in [1.807, 2.05) is 13.8 Å². The fourth-order valence-electron chi connectivity index (χ4n) is 3.13. The smallest absolute Gasteiger partial charge is 0.237 e. The maximum Gasteiger partial charge on any atom is 0.237 e. The van der Waals surface area contributed by atoms with Crippen LogP contribution in [0.2, 0.25) is 0 Å². The Bertz CT molecular complexity index is 697. The van der Waals surface area contributed by atoms with Gasteiger partial charge in [-0.2, -0.15) is 0 Å². The highest BCUT2D eigenvalue weighted by molar-refractivity contribution is 7.09. The number of carbonyl (C=O) groups excluding carboxylic acids is 1. The van der Waals surface area contributed by atoms with Crippen LogP contribution < -0.4 is 5.32 Å². The molecule has 128 valence electrons. The Hall–Kier alpha value is -1.72. The Kier molecular flexibility index (Phi) is 5.63. The number of benzene rings is 1. The third kappa shape index (κ3) is 4.22. The van der Waals surface area contributed by atoms with Crippen LogP contribution in [-0.2, 0) is 24.2 Å². The molecule has 0 saturated heterocycles. The molecule has 1 aliphatic rings.